The van der Waals surface area contributed by atoms with Crippen LogP contribution in [0.4, 0.5) is 0 Å². The lowest BCUT2D eigenvalue weighted by atomic mass is 9.99. The van der Waals surface area contributed by atoms with Crippen LogP contribution in [0.25, 0.3) is 0 Å². The molecule has 0 aromatic heterocycles. The van der Waals surface area contributed by atoms with Gasteiger partial charge in [0.15, 0.2) is 12.4 Å². The molecule has 6 N–H and O–H groups in total. The number of aliphatic hydroxyl groups is 5. The number of allylic oxidation sites excluding steroid dienone is 13. The molecule has 1 heterocycles. The quantitative estimate of drug-likeness (QED) is 0.0149. The second-order valence-electron chi connectivity index (χ2n) is 19.8. The van der Waals surface area contributed by atoms with Crippen molar-refractivity contribution in [1.29, 1.82) is 0 Å². The molecule has 1 aliphatic heterocycles. The van der Waals surface area contributed by atoms with Crippen molar-refractivity contribution in [2.75, 3.05) is 13.2 Å². The Morgan fingerprint density at radius 1 is 0.556 bits per heavy atom. The molecule has 11 nitrogen and oxygen atoms in total. The van der Waals surface area contributed by atoms with Crippen LogP contribution in [-0.4, -0.2) is 99.6 Å². The zero-order valence-corrected chi connectivity index (χ0v) is 45.5. The fraction of sp³-hybridized carbons (Fsp3) is 0.738. The van der Waals surface area contributed by atoms with Gasteiger partial charge in [0, 0.05) is 6.42 Å². The number of hydrogen-bond acceptors (Lipinski definition) is 10. The molecule has 8 unspecified atom stereocenters. The van der Waals surface area contributed by atoms with Gasteiger partial charge in [-0.15, -0.1) is 0 Å². The summed E-state index contributed by atoms with van der Waals surface area (Å²) >= 11 is 0. The Morgan fingerprint density at radius 2 is 1.00 bits per heavy atom. The number of amides is 1. The maximum absolute atomic E-state index is 13.4. The molecule has 1 aliphatic rings. The van der Waals surface area contributed by atoms with Crippen molar-refractivity contribution in [3.63, 3.8) is 0 Å². The monoisotopic (exact) mass is 1010 g/mol. The van der Waals surface area contributed by atoms with Crippen LogP contribution in [0.5, 0.6) is 0 Å². The number of esters is 1. The summed E-state index contributed by atoms with van der Waals surface area (Å²) in [6, 6.07) is -1.03. The van der Waals surface area contributed by atoms with Gasteiger partial charge in [-0.1, -0.05) is 260 Å². The van der Waals surface area contributed by atoms with Crippen LogP contribution in [0, 0.1) is 0 Å². The first-order chi connectivity index (χ1) is 35.2. The molecule has 414 valence electrons. The third-order valence-electron chi connectivity index (χ3n) is 13.2. The van der Waals surface area contributed by atoms with Gasteiger partial charge in [-0.05, 0) is 44.9 Å². The van der Waals surface area contributed by atoms with Crippen LogP contribution in [0.3, 0.4) is 0 Å². The maximum atomic E-state index is 13.4. The van der Waals surface area contributed by atoms with E-state index in [0.717, 1.165) is 64.2 Å². The smallest absolute Gasteiger partial charge is 0.306 e. The van der Waals surface area contributed by atoms with E-state index in [0.29, 0.717) is 12.8 Å². The Morgan fingerprint density at radius 3 is 1.50 bits per heavy atom. The Labute approximate surface area is 438 Å². The summed E-state index contributed by atoms with van der Waals surface area (Å²) in [5.41, 5.74) is 0. The van der Waals surface area contributed by atoms with Gasteiger partial charge in [0.2, 0.25) is 5.91 Å². The molecule has 0 saturated carbocycles. The van der Waals surface area contributed by atoms with Crippen molar-refractivity contribution >= 4 is 11.9 Å². The minimum atomic E-state index is -1.63. The predicted octanol–water partition coefficient (Wildman–Crippen LogP) is 13.0. The summed E-state index contributed by atoms with van der Waals surface area (Å²) in [5.74, 6) is -1.24. The molecule has 1 saturated heterocycles. The van der Waals surface area contributed by atoms with Crippen molar-refractivity contribution in [2.24, 2.45) is 0 Å². The molecular weight excluding hydrogens is 907 g/mol. The van der Waals surface area contributed by atoms with E-state index in [1.807, 2.05) is 66.8 Å². The maximum Gasteiger partial charge on any atom is 0.306 e. The summed E-state index contributed by atoms with van der Waals surface area (Å²) in [7, 11) is 0. The Hall–Kier alpha value is -3.16. The summed E-state index contributed by atoms with van der Waals surface area (Å²) in [6.07, 6.45) is 51.9. The topological polar surface area (TPSA) is 175 Å². The highest BCUT2D eigenvalue weighted by molar-refractivity contribution is 5.80. The van der Waals surface area contributed by atoms with Gasteiger partial charge in [-0.2, -0.15) is 0 Å². The molecule has 0 aliphatic carbocycles. The first kappa shape index (κ1) is 66.9. The minimum Gasteiger partial charge on any atom is -0.454 e. The SMILES string of the molecule is CC\C=C/C=C/C=C/C=C\C=C\C=C\CCCCCC(=O)OC1C(OCC(NC(=O)C(O)CCCCCCCCCCCCCCC)C(O)/C=C/CCCCCCCCCCCCC)OC(CO)C(O)C1O. The number of ether oxygens (including phenoxy) is 3. The first-order valence-corrected chi connectivity index (χ1v) is 28.9. The summed E-state index contributed by atoms with van der Waals surface area (Å²) in [6.45, 7) is 5.60. The van der Waals surface area contributed by atoms with Gasteiger partial charge in [-0.25, -0.2) is 0 Å². The molecule has 0 aromatic carbocycles. The first-order valence-electron chi connectivity index (χ1n) is 28.9. The molecule has 0 aromatic rings. The fourth-order valence-electron chi connectivity index (χ4n) is 8.62. The lowest BCUT2D eigenvalue weighted by molar-refractivity contribution is -0.305. The van der Waals surface area contributed by atoms with Crippen molar-refractivity contribution in [1.82, 2.24) is 5.32 Å². The van der Waals surface area contributed by atoms with Crippen LogP contribution in [0.1, 0.15) is 226 Å². The van der Waals surface area contributed by atoms with E-state index in [2.05, 4.69) is 38.2 Å². The highest BCUT2D eigenvalue weighted by atomic mass is 16.7. The van der Waals surface area contributed by atoms with Gasteiger partial charge in [-0.3, -0.25) is 9.59 Å². The lowest BCUT2D eigenvalue weighted by Gasteiger charge is -2.41. The standard InChI is InChI=1S/C61H105NO10/c1-4-7-10-13-16-19-22-25-26-27-28-31-34-37-40-43-46-49-56(66)72-59-58(68)57(67)55(50-63)71-61(59)70-51-52(53(64)47-44-41-38-35-32-29-23-20-17-14-11-8-5-2)62-60(69)54(65)48-45-42-39-36-33-30-24-21-18-15-12-9-6-3/h7,10,13,16,19,22,25-28,31,34,44,47,52-55,57-59,61,63-65,67-68H,4-6,8-9,11-12,14-15,17-18,20-21,23-24,29-30,32-33,35-43,45-46,48-51H2,1-3H3,(H,62,69)/b10-7-,16-13+,22-19+,26-25-,28-27+,34-31+,47-44+. The van der Waals surface area contributed by atoms with E-state index in [1.54, 1.807) is 6.08 Å². The lowest BCUT2D eigenvalue weighted by Crippen LogP contribution is -2.61. The molecule has 1 fully saturated rings. The Balaban J connectivity index is 2.77. The molecule has 0 spiro atoms. The highest BCUT2D eigenvalue weighted by Crippen LogP contribution is 2.26. The van der Waals surface area contributed by atoms with Crippen LogP contribution in [0.2, 0.25) is 0 Å². The number of carbonyl (C=O) groups excluding carboxylic acids is 2. The number of nitrogens with one attached hydrogen (secondary N) is 1. The van der Waals surface area contributed by atoms with Gasteiger partial charge >= 0.3 is 5.97 Å². The zero-order valence-electron chi connectivity index (χ0n) is 45.5. The Kier molecular flexibility index (Phi) is 45.3. The van der Waals surface area contributed by atoms with Crippen LogP contribution < -0.4 is 5.32 Å². The Bertz CT molecular complexity index is 1490. The normalized spacial score (nSPS) is 20.1. The summed E-state index contributed by atoms with van der Waals surface area (Å²) in [5, 5.41) is 56.8. The number of hydrogen-bond donors (Lipinski definition) is 6. The van der Waals surface area contributed by atoms with Gasteiger partial charge < -0.3 is 45.1 Å². The van der Waals surface area contributed by atoms with Gasteiger partial charge in [0.25, 0.3) is 0 Å². The number of rotatable bonds is 47. The van der Waals surface area contributed by atoms with Crippen LogP contribution >= 0.6 is 0 Å². The molecular formula is C61H105NO10. The molecule has 72 heavy (non-hydrogen) atoms. The van der Waals surface area contributed by atoms with Crippen molar-refractivity contribution < 1.29 is 49.3 Å². The van der Waals surface area contributed by atoms with Crippen LogP contribution in [-0.2, 0) is 23.8 Å². The molecule has 1 rings (SSSR count). The van der Waals surface area contributed by atoms with Crippen molar-refractivity contribution in [2.45, 2.75) is 275 Å². The zero-order chi connectivity index (χ0) is 52.5. The number of aliphatic hydroxyl groups excluding tert-OH is 5. The third kappa shape index (κ3) is 36.7. The van der Waals surface area contributed by atoms with Crippen molar-refractivity contribution in [3.05, 3.63) is 85.1 Å². The summed E-state index contributed by atoms with van der Waals surface area (Å²) < 4.78 is 17.5. The minimum absolute atomic E-state index is 0.0694. The van der Waals surface area contributed by atoms with E-state index in [9.17, 15) is 35.1 Å². The number of unbranched alkanes of at least 4 members (excludes halogenated alkanes) is 26. The van der Waals surface area contributed by atoms with E-state index >= 15 is 0 Å². The second kappa shape index (κ2) is 48.8. The predicted molar refractivity (Wildman–Crippen MR) is 296 cm³/mol. The average Bonchev–Trinajstić information content (AvgIpc) is 3.38. The van der Waals surface area contributed by atoms with Crippen LogP contribution in [0.15, 0.2) is 85.1 Å². The fourth-order valence-corrected chi connectivity index (χ4v) is 8.62. The molecule has 1 amide bonds. The largest absolute Gasteiger partial charge is 0.454 e. The van der Waals surface area contributed by atoms with E-state index in [-0.39, 0.29) is 19.4 Å². The molecule has 8 atom stereocenters. The molecule has 11 heteroatoms. The molecule has 0 bridgehead atoms. The average molecular weight is 1010 g/mol. The van der Waals surface area contributed by atoms with E-state index < -0.39 is 67.4 Å². The second-order valence-corrected chi connectivity index (χ2v) is 19.8. The highest BCUT2D eigenvalue weighted by Gasteiger charge is 2.47. The molecule has 0 radical (unpaired) electrons. The van der Waals surface area contributed by atoms with Gasteiger partial charge in [0.05, 0.1) is 25.4 Å². The van der Waals surface area contributed by atoms with E-state index in [1.165, 1.54) is 116 Å². The van der Waals surface area contributed by atoms with Gasteiger partial charge in [0.1, 0.15) is 24.4 Å². The third-order valence-corrected chi connectivity index (χ3v) is 13.2. The van der Waals surface area contributed by atoms with E-state index in [4.69, 9.17) is 14.2 Å². The van der Waals surface area contributed by atoms with Crippen molar-refractivity contribution in [3.8, 4) is 0 Å². The number of carbonyl (C=O) groups is 2. The summed E-state index contributed by atoms with van der Waals surface area (Å²) in [4.78, 5) is 26.4.